The van der Waals surface area contributed by atoms with E-state index in [-0.39, 0.29) is 18.6 Å². The number of amides is 1. The number of hydrogen-bond donors (Lipinski definition) is 1. The second kappa shape index (κ2) is 7.33. The van der Waals surface area contributed by atoms with E-state index in [1.165, 1.54) is 0 Å². The Balaban J connectivity index is 1.93. The molecule has 0 aliphatic rings. The third-order valence-corrected chi connectivity index (χ3v) is 2.64. The van der Waals surface area contributed by atoms with Crippen molar-refractivity contribution in [2.45, 2.75) is 20.0 Å². The summed E-state index contributed by atoms with van der Waals surface area (Å²) >= 11 is 0. The van der Waals surface area contributed by atoms with Gasteiger partial charge in [0, 0.05) is 0 Å². The molecule has 110 valence electrons. The van der Waals surface area contributed by atoms with Gasteiger partial charge < -0.3 is 14.8 Å². The maximum atomic E-state index is 11.9. The first-order valence-corrected chi connectivity index (χ1v) is 6.88. The van der Waals surface area contributed by atoms with Crippen molar-refractivity contribution in [1.82, 2.24) is 0 Å². The lowest BCUT2D eigenvalue weighted by Crippen LogP contribution is -2.21. The molecule has 2 aromatic rings. The molecular formula is C17H19NO3. The number of para-hydroxylation sites is 3. The van der Waals surface area contributed by atoms with Gasteiger partial charge in [-0.15, -0.1) is 0 Å². The molecule has 0 saturated heterocycles. The van der Waals surface area contributed by atoms with Crippen LogP contribution < -0.4 is 14.8 Å². The van der Waals surface area contributed by atoms with Crippen LogP contribution in [0.1, 0.15) is 13.8 Å². The number of benzene rings is 2. The molecule has 0 saturated carbocycles. The van der Waals surface area contributed by atoms with Gasteiger partial charge in [-0.3, -0.25) is 4.79 Å². The topological polar surface area (TPSA) is 47.6 Å². The third kappa shape index (κ3) is 4.84. The van der Waals surface area contributed by atoms with E-state index in [0.717, 1.165) is 0 Å². The molecule has 4 heteroatoms. The molecule has 0 fully saturated rings. The summed E-state index contributed by atoms with van der Waals surface area (Å²) in [6, 6.07) is 16.6. The first kappa shape index (κ1) is 14.9. The first-order valence-electron chi connectivity index (χ1n) is 6.88. The van der Waals surface area contributed by atoms with Crippen LogP contribution >= 0.6 is 0 Å². The Morgan fingerprint density at radius 1 is 1.05 bits per heavy atom. The number of ether oxygens (including phenoxy) is 2. The van der Waals surface area contributed by atoms with Gasteiger partial charge in [0.25, 0.3) is 5.91 Å². The van der Waals surface area contributed by atoms with Crippen LogP contribution in [0.3, 0.4) is 0 Å². The fourth-order valence-electron chi connectivity index (χ4n) is 1.78. The quantitative estimate of drug-likeness (QED) is 0.883. The lowest BCUT2D eigenvalue weighted by molar-refractivity contribution is -0.118. The van der Waals surface area contributed by atoms with E-state index in [2.05, 4.69) is 5.32 Å². The van der Waals surface area contributed by atoms with E-state index in [1.807, 2.05) is 62.4 Å². The summed E-state index contributed by atoms with van der Waals surface area (Å²) in [7, 11) is 0. The van der Waals surface area contributed by atoms with E-state index in [9.17, 15) is 4.79 Å². The highest BCUT2D eigenvalue weighted by Crippen LogP contribution is 2.24. The zero-order chi connectivity index (χ0) is 15.1. The van der Waals surface area contributed by atoms with Gasteiger partial charge in [-0.25, -0.2) is 0 Å². The van der Waals surface area contributed by atoms with Crippen LogP contribution in [0, 0.1) is 0 Å². The minimum Gasteiger partial charge on any atom is -0.489 e. The van der Waals surface area contributed by atoms with Crippen LogP contribution in [0.25, 0.3) is 0 Å². The van der Waals surface area contributed by atoms with E-state index >= 15 is 0 Å². The molecule has 0 unspecified atom stereocenters. The van der Waals surface area contributed by atoms with Crippen molar-refractivity contribution in [2.75, 3.05) is 11.9 Å². The van der Waals surface area contributed by atoms with E-state index < -0.39 is 0 Å². The molecular weight excluding hydrogens is 266 g/mol. The molecule has 0 atom stereocenters. The molecule has 2 aromatic carbocycles. The van der Waals surface area contributed by atoms with Gasteiger partial charge in [0.15, 0.2) is 6.61 Å². The number of carbonyl (C=O) groups excluding carboxylic acids is 1. The number of nitrogens with one attached hydrogen (secondary N) is 1. The largest absolute Gasteiger partial charge is 0.489 e. The summed E-state index contributed by atoms with van der Waals surface area (Å²) < 4.78 is 11.1. The molecule has 1 amide bonds. The van der Waals surface area contributed by atoms with Crippen LogP contribution in [0.2, 0.25) is 0 Å². The van der Waals surface area contributed by atoms with Crippen LogP contribution in [0.4, 0.5) is 5.69 Å². The summed E-state index contributed by atoms with van der Waals surface area (Å²) in [6.07, 6.45) is 0.0450. The zero-order valence-corrected chi connectivity index (χ0v) is 12.2. The van der Waals surface area contributed by atoms with Crippen molar-refractivity contribution in [2.24, 2.45) is 0 Å². The Kier molecular flexibility index (Phi) is 5.21. The highest BCUT2D eigenvalue weighted by Gasteiger charge is 2.09. The van der Waals surface area contributed by atoms with Crippen molar-refractivity contribution < 1.29 is 14.3 Å². The number of hydrogen-bond acceptors (Lipinski definition) is 3. The smallest absolute Gasteiger partial charge is 0.262 e. The summed E-state index contributed by atoms with van der Waals surface area (Å²) in [6.45, 7) is 3.84. The normalized spacial score (nSPS) is 10.2. The zero-order valence-electron chi connectivity index (χ0n) is 12.2. The van der Waals surface area contributed by atoms with Crippen molar-refractivity contribution in [3.8, 4) is 11.5 Å². The lowest BCUT2D eigenvalue weighted by atomic mass is 10.3. The maximum Gasteiger partial charge on any atom is 0.262 e. The monoisotopic (exact) mass is 285 g/mol. The molecule has 0 aliphatic heterocycles. The van der Waals surface area contributed by atoms with Crippen LogP contribution in [-0.4, -0.2) is 18.6 Å². The Labute approximate surface area is 124 Å². The minimum atomic E-state index is -0.223. The van der Waals surface area contributed by atoms with Gasteiger partial charge in [0.1, 0.15) is 11.5 Å². The second-order valence-electron chi connectivity index (χ2n) is 4.81. The molecule has 0 aromatic heterocycles. The second-order valence-corrected chi connectivity index (χ2v) is 4.81. The van der Waals surface area contributed by atoms with Crippen LogP contribution in [0.5, 0.6) is 11.5 Å². The molecule has 1 N–H and O–H groups in total. The van der Waals surface area contributed by atoms with E-state index in [1.54, 1.807) is 6.07 Å². The van der Waals surface area contributed by atoms with E-state index in [4.69, 9.17) is 9.47 Å². The van der Waals surface area contributed by atoms with Crippen molar-refractivity contribution in [3.63, 3.8) is 0 Å². The average molecular weight is 285 g/mol. The molecule has 0 spiro atoms. The summed E-state index contributed by atoms with van der Waals surface area (Å²) in [4.78, 5) is 11.9. The lowest BCUT2D eigenvalue weighted by Gasteiger charge is -2.14. The third-order valence-electron chi connectivity index (χ3n) is 2.64. The molecule has 0 bridgehead atoms. The summed E-state index contributed by atoms with van der Waals surface area (Å²) in [5.41, 5.74) is 0.646. The maximum absolute atomic E-state index is 11.9. The Morgan fingerprint density at radius 2 is 1.71 bits per heavy atom. The fraction of sp³-hybridized carbons (Fsp3) is 0.235. The van der Waals surface area contributed by atoms with Gasteiger partial charge in [0.2, 0.25) is 0 Å². The Hall–Kier alpha value is -2.49. The molecule has 0 radical (unpaired) electrons. The van der Waals surface area contributed by atoms with Gasteiger partial charge in [0.05, 0.1) is 11.8 Å². The first-order chi connectivity index (χ1) is 10.1. The molecule has 0 heterocycles. The standard InChI is InChI=1S/C17H19NO3/c1-13(2)21-16-11-7-6-10-15(16)18-17(19)12-20-14-8-4-3-5-9-14/h3-11,13H,12H2,1-2H3,(H,18,19). The predicted octanol–water partition coefficient (Wildman–Crippen LogP) is 3.49. The van der Waals surface area contributed by atoms with Crippen LogP contribution in [0.15, 0.2) is 54.6 Å². The Morgan fingerprint density at radius 3 is 2.43 bits per heavy atom. The van der Waals surface area contributed by atoms with Gasteiger partial charge in [-0.1, -0.05) is 30.3 Å². The number of anilines is 1. The predicted molar refractivity (Wildman–Crippen MR) is 82.8 cm³/mol. The minimum absolute atomic E-state index is 0.0416. The van der Waals surface area contributed by atoms with Gasteiger partial charge >= 0.3 is 0 Å². The van der Waals surface area contributed by atoms with Gasteiger partial charge in [-0.05, 0) is 38.1 Å². The summed E-state index contributed by atoms with van der Waals surface area (Å²) in [5.74, 6) is 1.10. The number of rotatable bonds is 6. The van der Waals surface area contributed by atoms with Crippen molar-refractivity contribution >= 4 is 11.6 Å². The van der Waals surface area contributed by atoms with Crippen LogP contribution in [-0.2, 0) is 4.79 Å². The number of carbonyl (C=O) groups is 1. The summed E-state index contributed by atoms with van der Waals surface area (Å²) in [5, 5.41) is 2.80. The highest BCUT2D eigenvalue weighted by atomic mass is 16.5. The molecule has 4 nitrogen and oxygen atoms in total. The molecule has 2 rings (SSSR count). The van der Waals surface area contributed by atoms with Crippen molar-refractivity contribution in [3.05, 3.63) is 54.6 Å². The highest BCUT2D eigenvalue weighted by molar-refractivity contribution is 5.93. The fourth-order valence-corrected chi connectivity index (χ4v) is 1.78. The SMILES string of the molecule is CC(C)Oc1ccccc1NC(=O)COc1ccccc1. The molecule has 0 aliphatic carbocycles. The van der Waals surface area contributed by atoms with E-state index in [0.29, 0.717) is 17.2 Å². The van der Waals surface area contributed by atoms with Crippen molar-refractivity contribution in [1.29, 1.82) is 0 Å². The van der Waals surface area contributed by atoms with Gasteiger partial charge in [-0.2, -0.15) is 0 Å². The Bertz CT molecular complexity index is 582. The molecule has 21 heavy (non-hydrogen) atoms. The average Bonchev–Trinajstić information content (AvgIpc) is 2.48.